The summed E-state index contributed by atoms with van der Waals surface area (Å²) in [4.78, 5) is 34.0. The molecule has 1 saturated heterocycles. The number of nitro groups is 1. The largest absolute Gasteiger partial charge is 0.480 e. The van der Waals surface area contributed by atoms with E-state index in [2.05, 4.69) is 0 Å². The van der Waals surface area contributed by atoms with Gasteiger partial charge in [-0.1, -0.05) is 11.3 Å². The van der Waals surface area contributed by atoms with Gasteiger partial charge < -0.3 is 15.1 Å². The zero-order valence-electron chi connectivity index (χ0n) is 9.55. The highest BCUT2D eigenvalue weighted by molar-refractivity contribution is 7.13. The van der Waals surface area contributed by atoms with Crippen LogP contribution in [0.25, 0.3) is 0 Å². The van der Waals surface area contributed by atoms with Crippen molar-refractivity contribution in [2.75, 3.05) is 6.54 Å². The van der Waals surface area contributed by atoms with Crippen molar-refractivity contribution in [3.05, 3.63) is 27.1 Å². The maximum Gasteiger partial charge on any atom is 0.326 e. The van der Waals surface area contributed by atoms with Crippen LogP contribution in [-0.4, -0.2) is 50.6 Å². The molecule has 0 aliphatic carbocycles. The van der Waals surface area contributed by atoms with Crippen molar-refractivity contribution in [1.29, 1.82) is 0 Å². The van der Waals surface area contributed by atoms with Gasteiger partial charge in [0.25, 0.3) is 5.91 Å². The molecule has 2 N–H and O–H groups in total. The monoisotopic (exact) mass is 286 g/mol. The van der Waals surface area contributed by atoms with Crippen LogP contribution in [0.3, 0.4) is 0 Å². The van der Waals surface area contributed by atoms with E-state index in [9.17, 15) is 24.8 Å². The normalized spacial score (nSPS) is 22.5. The number of carboxylic acid groups (broad SMARTS) is 1. The SMILES string of the molecule is O=C(O)C1CC(O)CN1C(=O)c1csc([N+](=O)[O-])c1. The van der Waals surface area contributed by atoms with Crippen LogP contribution in [0, 0.1) is 10.1 Å². The first-order valence-corrected chi connectivity index (χ1v) is 6.23. The molecule has 9 heteroatoms. The number of aliphatic hydroxyl groups is 1. The number of aliphatic hydroxyl groups excluding tert-OH is 1. The van der Waals surface area contributed by atoms with Gasteiger partial charge in [-0.15, -0.1) is 0 Å². The first-order chi connectivity index (χ1) is 8.90. The Morgan fingerprint density at radius 1 is 1.53 bits per heavy atom. The summed E-state index contributed by atoms with van der Waals surface area (Å²) in [5.41, 5.74) is 0.0667. The average Bonchev–Trinajstić information content (AvgIpc) is 2.94. The number of likely N-dealkylation sites (tertiary alicyclic amines) is 1. The lowest BCUT2D eigenvalue weighted by atomic mass is 10.2. The van der Waals surface area contributed by atoms with Crippen molar-refractivity contribution < 1.29 is 24.7 Å². The van der Waals surface area contributed by atoms with E-state index in [-0.39, 0.29) is 23.5 Å². The Labute approximate surface area is 111 Å². The number of hydrogen-bond donors (Lipinski definition) is 2. The van der Waals surface area contributed by atoms with Crippen molar-refractivity contribution in [3.63, 3.8) is 0 Å². The van der Waals surface area contributed by atoms with Crippen LogP contribution in [0.15, 0.2) is 11.4 Å². The molecule has 2 unspecified atom stereocenters. The standard InChI is InChI=1S/C10H10N2O6S/c13-6-2-7(10(15)16)11(3-6)9(14)5-1-8(12(17)18)19-4-5/h1,4,6-7,13H,2-3H2,(H,15,16). The molecular formula is C10H10N2O6S. The minimum absolute atomic E-state index is 0.0344. The van der Waals surface area contributed by atoms with Gasteiger partial charge >= 0.3 is 11.0 Å². The van der Waals surface area contributed by atoms with E-state index >= 15 is 0 Å². The van der Waals surface area contributed by atoms with Gasteiger partial charge in [0, 0.05) is 24.4 Å². The van der Waals surface area contributed by atoms with Crippen molar-refractivity contribution >= 4 is 28.2 Å². The maximum atomic E-state index is 12.1. The van der Waals surface area contributed by atoms with Gasteiger partial charge in [-0.3, -0.25) is 14.9 Å². The van der Waals surface area contributed by atoms with Gasteiger partial charge in [0.2, 0.25) is 0 Å². The molecule has 0 spiro atoms. The number of carbonyl (C=O) groups excluding carboxylic acids is 1. The zero-order valence-corrected chi connectivity index (χ0v) is 10.4. The van der Waals surface area contributed by atoms with E-state index in [1.165, 1.54) is 5.38 Å². The van der Waals surface area contributed by atoms with Crippen molar-refractivity contribution in [2.45, 2.75) is 18.6 Å². The summed E-state index contributed by atoms with van der Waals surface area (Å²) in [6, 6.07) is 0.0119. The van der Waals surface area contributed by atoms with Gasteiger partial charge in [0.1, 0.15) is 6.04 Å². The van der Waals surface area contributed by atoms with Crippen LogP contribution in [-0.2, 0) is 4.79 Å². The molecule has 1 aliphatic heterocycles. The number of thiophene rings is 1. The predicted octanol–water partition coefficient (Wildman–Crippen LogP) is 0.316. The van der Waals surface area contributed by atoms with Gasteiger partial charge in [-0.2, -0.15) is 0 Å². The second-order valence-corrected chi connectivity index (χ2v) is 5.02. The fourth-order valence-corrected chi connectivity index (χ4v) is 2.67. The number of amides is 1. The summed E-state index contributed by atoms with van der Waals surface area (Å²) in [5, 5.41) is 30.1. The second kappa shape index (κ2) is 4.94. The van der Waals surface area contributed by atoms with Crippen LogP contribution < -0.4 is 0 Å². The number of β-amino-alcohol motifs (C(OH)–C–C–N with tert-alkyl or cyclic N) is 1. The molecule has 0 bridgehead atoms. The first kappa shape index (κ1) is 13.4. The summed E-state index contributed by atoms with van der Waals surface area (Å²) in [6.07, 6.45) is -0.925. The van der Waals surface area contributed by atoms with Crippen molar-refractivity contribution in [3.8, 4) is 0 Å². The molecule has 1 aromatic heterocycles. The molecule has 1 aromatic rings. The molecule has 8 nitrogen and oxygen atoms in total. The van der Waals surface area contributed by atoms with E-state index < -0.39 is 28.9 Å². The van der Waals surface area contributed by atoms with E-state index in [0.29, 0.717) is 0 Å². The Kier molecular flexibility index (Phi) is 3.49. The highest BCUT2D eigenvalue weighted by atomic mass is 32.1. The van der Waals surface area contributed by atoms with Gasteiger partial charge in [0.05, 0.1) is 16.6 Å². The van der Waals surface area contributed by atoms with Crippen LogP contribution in [0.2, 0.25) is 0 Å². The molecule has 0 saturated carbocycles. The minimum Gasteiger partial charge on any atom is -0.480 e. The first-order valence-electron chi connectivity index (χ1n) is 5.35. The lowest BCUT2D eigenvalue weighted by Crippen LogP contribution is -2.40. The zero-order chi connectivity index (χ0) is 14.2. The molecule has 1 fully saturated rings. The van der Waals surface area contributed by atoms with Crippen LogP contribution in [0.4, 0.5) is 5.00 Å². The Morgan fingerprint density at radius 2 is 2.21 bits per heavy atom. The fourth-order valence-electron chi connectivity index (χ4n) is 1.97. The number of aliphatic carboxylic acids is 1. The Bertz CT molecular complexity index is 542. The molecule has 2 rings (SSSR count). The van der Waals surface area contributed by atoms with Gasteiger partial charge in [-0.25, -0.2) is 4.79 Å². The number of rotatable bonds is 3. The quantitative estimate of drug-likeness (QED) is 0.609. The maximum absolute atomic E-state index is 12.1. The van der Waals surface area contributed by atoms with E-state index in [0.717, 1.165) is 22.3 Å². The average molecular weight is 286 g/mol. The number of carboxylic acids is 1. The third kappa shape index (κ3) is 2.56. The third-order valence-electron chi connectivity index (χ3n) is 2.84. The van der Waals surface area contributed by atoms with Gasteiger partial charge in [-0.05, 0) is 0 Å². The summed E-state index contributed by atoms with van der Waals surface area (Å²) in [7, 11) is 0. The van der Waals surface area contributed by atoms with Gasteiger partial charge in [0.15, 0.2) is 0 Å². The molecule has 1 aliphatic rings. The topological polar surface area (TPSA) is 121 Å². The molecule has 0 aromatic carbocycles. The summed E-state index contributed by atoms with van der Waals surface area (Å²) >= 11 is 0.799. The highest BCUT2D eigenvalue weighted by Gasteiger charge is 2.39. The van der Waals surface area contributed by atoms with Crippen LogP contribution in [0.1, 0.15) is 16.8 Å². The minimum atomic E-state index is -1.20. The van der Waals surface area contributed by atoms with E-state index in [4.69, 9.17) is 5.11 Å². The molecule has 1 amide bonds. The Hall–Kier alpha value is -2.00. The number of carbonyl (C=O) groups is 2. The highest BCUT2D eigenvalue weighted by Crippen LogP contribution is 2.26. The smallest absolute Gasteiger partial charge is 0.326 e. The lowest BCUT2D eigenvalue weighted by molar-refractivity contribution is -0.380. The molecule has 2 atom stereocenters. The number of nitrogens with zero attached hydrogens (tertiary/aromatic N) is 2. The van der Waals surface area contributed by atoms with E-state index in [1.54, 1.807) is 0 Å². The summed E-state index contributed by atoms with van der Waals surface area (Å²) in [5.74, 6) is -1.82. The van der Waals surface area contributed by atoms with Crippen LogP contribution >= 0.6 is 11.3 Å². The van der Waals surface area contributed by atoms with Crippen molar-refractivity contribution in [1.82, 2.24) is 4.90 Å². The third-order valence-corrected chi connectivity index (χ3v) is 3.72. The Morgan fingerprint density at radius 3 is 2.74 bits per heavy atom. The molecule has 0 radical (unpaired) electrons. The predicted molar refractivity (Wildman–Crippen MR) is 64.1 cm³/mol. The number of hydrogen-bond acceptors (Lipinski definition) is 6. The second-order valence-electron chi connectivity index (χ2n) is 4.13. The molecule has 2 heterocycles. The van der Waals surface area contributed by atoms with E-state index in [1.807, 2.05) is 0 Å². The molecular weight excluding hydrogens is 276 g/mol. The Balaban J connectivity index is 2.22. The van der Waals surface area contributed by atoms with Crippen molar-refractivity contribution in [2.24, 2.45) is 0 Å². The molecule has 19 heavy (non-hydrogen) atoms. The summed E-state index contributed by atoms with van der Waals surface area (Å²) < 4.78 is 0. The fraction of sp³-hybridized carbons (Fsp3) is 0.400. The van der Waals surface area contributed by atoms with Crippen LogP contribution in [0.5, 0.6) is 0 Å². The molecule has 102 valence electrons. The summed E-state index contributed by atoms with van der Waals surface area (Å²) in [6.45, 7) is -0.0839. The lowest BCUT2D eigenvalue weighted by Gasteiger charge is -2.20.